The highest BCUT2D eigenvalue weighted by Crippen LogP contribution is 2.46. The van der Waals surface area contributed by atoms with Crippen LogP contribution in [0.25, 0.3) is 0 Å². The van der Waals surface area contributed by atoms with Crippen LogP contribution < -0.4 is 0 Å². The van der Waals surface area contributed by atoms with Crippen LogP contribution in [0.4, 0.5) is 0 Å². The zero-order valence-electron chi connectivity index (χ0n) is 32.8. The predicted octanol–water partition coefficient (Wildman–Crippen LogP) is 6.11. The van der Waals surface area contributed by atoms with Gasteiger partial charge in [0, 0.05) is 49.4 Å². The molecule has 9 nitrogen and oxygen atoms in total. The van der Waals surface area contributed by atoms with Gasteiger partial charge in [0.25, 0.3) is 0 Å². The maximum atomic E-state index is 11.6. The Morgan fingerprint density at radius 2 is 0.768 bits per heavy atom. The number of hydrogen-bond donors (Lipinski definition) is 4. The van der Waals surface area contributed by atoms with Crippen LogP contribution in [-0.4, -0.2) is 90.1 Å². The van der Waals surface area contributed by atoms with Gasteiger partial charge in [-0.3, -0.25) is 0 Å². The molecule has 0 bridgehead atoms. The molecular weight excluding hydrogens is 709 g/mol. The second-order valence-corrected chi connectivity index (χ2v) is 17.6. The van der Waals surface area contributed by atoms with E-state index in [-0.39, 0.29) is 36.3 Å². The van der Waals surface area contributed by atoms with Crippen molar-refractivity contribution in [2.24, 2.45) is 0 Å². The molecule has 5 fully saturated rings. The third-order valence-corrected chi connectivity index (χ3v) is 12.6. The van der Waals surface area contributed by atoms with E-state index in [1.54, 1.807) is 6.92 Å². The van der Waals surface area contributed by atoms with E-state index in [0.29, 0.717) is 75.4 Å². The minimum absolute atomic E-state index is 0.0572. The number of rotatable bonds is 17. The molecule has 296 valence electrons. The molecule has 0 spiro atoms. The van der Waals surface area contributed by atoms with Crippen molar-refractivity contribution in [1.29, 1.82) is 0 Å². The van der Waals surface area contributed by atoms with Crippen LogP contribution in [0, 0.1) is 0 Å². The van der Waals surface area contributed by atoms with Gasteiger partial charge in [-0.25, -0.2) is 0 Å². The summed E-state index contributed by atoms with van der Waals surface area (Å²) in [7, 11) is 0. The first-order valence-corrected chi connectivity index (χ1v) is 20.3. The number of aromatic hydroxyl groups is 3. The van der Waals surface area contributed by atoms with Gasteiger partial charge in [-0.1, -0.05) is 74.5 Å². The van der Waals surface area contributed by atoms with Crippen molar-refractivity contribution in [1.82, 2.24) is 0 Å². The highest BCUT2D eigenvalue weighted by atomic mass is 16.6. The molecule has 0 radical (unpaired) electrons. The summed E-state index contributed by atoms with van der Waals surface area (Å²) in [5, 5.41) is 44.9. The summed E-state index contributed by atoms with van der Waals surface area (Å²) in [5.74, 6) is 0.871. The number of benzene rings is 4. The van der Waals surface area contributed by atoms with Gasteiger partial charge in [-0.05, 0) is 75.0 Å². The summed E-state index contributed by atoms with van der Waals surface area (Å²) in [5.41, 5.74) is 9.22. The number of phenolic OH excluding ortho intramolecular Hbond substituents is 3. The first kappa shape index (κ1) is 37.6. The maximum Gasteiger partial charge on any atom is 0.122 e. The number of ether oxygens (including phenoxy) is 5. The summed E-state index contributed by atoms with van der Waals surface area (Å²) in [6.45, 7) is 11.9. The fraction of sp³-hybridized carbons (Fsp3) is 0.489. The molecule has 4 aromatic carbocycles. The fourth-order valence-corrected chi connectivity index (χ4v) is 8.51. The monoisotopic (exact) mass is 762 g/mol. The van der Waals surface area contributed by atoms with E-state index in [2.05, 4.69) is 75.4 Å². The molecule has 0 aromatic heterocycles. The SMILES string of the molecule is CC(O)Cc1cc(C(C)(c2ccc(C(C)(C)c3cc(CC4CO4)c(O)c(CC4CO4)c3)cc2)c2cc(CC3CO3)c(O)c(CC3CO3)c2)cc(CC2CO2)c1O. The van der Waals surface area contributed by atoms with E-state index >= 15 is 0 Å². The number of epoxide rings is 5. The Labute approximate surface area is 329 Å². The molecule has 0 saturated carbocycles. The van der Waals surface area contributed by atoms with Crippen molar-refractivity contribution in [2.45, 2.75) is 114 Å². The zero-order chi connectivity index (χ0) is 38.9. The van der Waals surface area contributed by atoms with Crippen molar-refractivity contribution in [3.63, 3.8) is 0 Å². The lowest BCUT2D eigenvalue weighted by atomic mass is 9.68. The molecule has 56 heavy (non-hydrogen) atoms. The number of phenols is 3. The first-order chi connectivity index (χ1) is 26.8. The third-order valence-electron chi connectivity index (χ3n) is 12.6. The summed E-state index contributed by atoms with van der Waals surface area (Å²) < 4.78 is 28.0. The van der Waals surface area contributed by atoms with Crippen LogP contribution in [-0.2, 0) is 73.0 Å². The Bertz CT molecular complexity index is 1930. The van der Waals surface area contributed by atoms with E-state index in [1.165, 1.54) is 0 Å². The van der Waals surface area contributed by atoms with Crippen LogP contribution >= 0.6 is 0 Å². The molecule has 5 aliphatic heterocycles. The van der Waals surface area contributed by atoms with Gasteiger partial charge in [0.05, 0.1) is 69.7 Å². The summed E-state index contributed by atoms with van der Waals surface area (Å²) in [6.07, 6.45) is 3.35. The Morgan fingerprint density at radius 3 is 1.09 bits per heavy atom. The van der Waals surface area contributed by atoms with Crippen LogP contribution in [0.15, 0.2) is 60.7 Å². The standard InChI is InChI=1S/C47H54O9/c1-26(48)9-27-12-36(13-30(43(27)49)18-40-23-54-40)47(4,37-14-31(19-41-24-55-41)45(51)32(15-37)20-42-25-56-42)34-7-5-33(6-8-34)46(2,3)35-10-28(16-38-21-52-38)44(50)29(11-35)17-39-22-53-39/h5-8,10-15,26,38-42,48-51H,9,16-25H2,1-4H3. The van der Waals surface area contributed by atoms with E-state index in [1.807, 2.05) is 6.07 Å². The highest BCUT2D eigenvalue weighted by molar-refractivity contribution is 5.59. The summed E-state index contributed by atoms with van der Waals surface area (Å²) in [4.78, 5) is 0. The van der Waals surface area contributed by atoms with Gasteiger partial charge < -0.3 is 44.1 Å². The minimum Gasteiger partial charge on any atom is -0.507 e. The number of aliphatic hydroxyl groups excluding tert-OH is 1. The Balaban J connectivity index is 1.16. The summed E-state index contributed by atoms with van der Waals surface area (Å²) >= 11 is 0. The van der Waals surface area contributed by atoms with Crippen LogP contribution in [0.2, 0.25) is 0 Å². The molecule has 0 amide bonds. The van der Waals surface area contributed by atoms with Gasteiger partial charge in [0.15, 0.2) is 0 Å². The molecule has 5 saturated heterocycles. The lowest BCUT2D eigenvalue weighted by Gasteiger charge is -2.35. The fourth-order valence-electron chi connectivity index (χ4n) is 8.51. The largest absolute Gasteiger partial charge is 0.507 e. The molecule has 5 heterocycles. The average Bonchev–Trinajstić information content (AvgIpc) is 3.96. The lowest BCUT2D eigenvalue weighted by molar-refractivity contribution is 0.194. The molecule has 0 aliphatic carbocycles. The maximum absolute atomic E-state index is 11.6. The predicted molar refractivity (Wildman–Crippen MR) is 211 cm³/mol. The minimum atomic E-state index is -0.734. The third kappa shape index (κ3) is 7.95. The molecule has 7 atom stereocenters. The van der Waals surface area contributed by atoms with Gasteiger partial charge in [0.2, 0.25) is 0 Å². The molecule has 9 heteroatoms. The van der Waals surface area contributed by atoms with Crippen LogP contribution in [0.3, 0.4) is 0 Å². The highest BCUT2D eigenvalue weighted by Gasteiger charge is 2.38. The Hall–Kier alpha value is -3.96. The van der Waals surface area contributed by atoms with Gasteiger partial charge in [-0.15, -0.1) is 0 Å². The first-order valence-electron chi connectivity index (χ1n) is 20.3. The van der Waals surface area contributed by atoms with Gasteiger partial charge in [0.1, 0.15) is 17.2 Å². The molecule has 7 unspecified atom stereocenters. The van der Waals surface area contributed by atoms with Crippen LogP contribution in [0.1, 0.15) is 88.9 Å². The quantitative estimate of drug-likeness (QED) is 0.0740. The van der Waals surface area contributed by atoms with Gasteiger partial charge >= 0.3 is 0 Å². The van der Waals surface area contributed by atoms with Gasteiger partial charge in [-0.2, -0.15) is 0 Å². The van der Waals surface area contributed by atoms with Crippen molar-refractivity contribution in [3.8, 4) is 17.2 Å². The lowest BCUT2D eigenvalue weighted by Crippen LogP contribution is -2.27. The molecule has 4 N–H and O–H groups in total. The Kier molecular flexibility index (Phi) is 9.71. The van der Waals surface area contributed by atoms with E-state index < -0.39 is 16.9 Å². The van der Waals surface area contributed by atoms with E-state index in [0.717, 1.165) is 68.8 Å². The summed E-state index contributed by atoms with van der Waals surface area (Å²) in [6, 6.07) is 21.5. The van der Waals surface area contributed by atoms with Crippen molar-refractivity contribution in [2.75, 3.05) is 33.0 Å². The molecule has 5 aliphatic rings. The second-order valence-electron chi connectivity index (χ2n) is 17.6. The van der Waals surface area contributed by atoms with E-state index in [4.69, 9.17) is 23.7 Å². The molecule has 9 rings (SSSR count). The second kappa shape index (κ2) is 14.5. The topological polar surface area (TPSA) is 144 Å². The average molecular weight is 763 g/mol. The smallest absolute Gasteiger partial charge is 0.122 e. The molecular formula is C47H54O9. The van der Waals surface area contributed by atoms with Crippen molar-refractivity contribution < 1.29 is 44.1 Å². The Morgan fingerprint density at radius 1 is 0.482 bits per heavy atom. The number of aliphatic hydroxyl groups is 1. The number of hydrogen-bond acceptors (Lipinski definition) is 9. The normalized spacial score (nSPS) is 25.1. The van der Waals surface area contributed by atoms with Crippen LogP contribution in [0.5, 0.6) is 17.2 Å². The molecule has 4 aromatic rings. The van der Waals surface area contributed by atoms with Crippen molar-refractivity contribution in [3.05, 3.63) is 122 Å². The van der Waals surface area contributed by atoms with E-state index in [9.17, 15) is 20.4 Å². The van der Waals surface area contributed by atoms with Crippen molar-refractivity contribution >= 4 is 0 Å². The zero-order valence-corrected chi connectivity index (χ0v) is 32.8.